The molecule has 0 amide bonds. The van der Waals surface area contributed by atoms with Crippen molar-refractivity contribution in [2.24, 2.45) is 0 Å². The second-order valence-electron chi connectivity index (χ2n) is 6.86. The number of rotatable bonds is 6. The predicted octanol–water partition coefficient (Wildman–Crippen LogP) is 2.87. The van der Waals surface area contributed by atoms with Crippen molar-refractivity contribution < 1.29 is 22.1 Å². The molecule has 0 fully saturated rings. The number of sulfone groups is 1. The largest absolute Gasteiger partial charge is 0.598 e. The summed E-state index contributed by atoms with van der Waals surface area (Å²) in [5, 5.41) is 0. The van der Waals surface area contributed by atoms with Crippen LogP contribution in [-0.2, 0) is 25.9 Å². The van der Waals surface area contributed by atoms with Crippen molar-refractivity contribution in [3.8, 4) is 0 Å². The summed E-state index contributed by atoms with van der Waals surface area (Å²) in [5.41, 5.74) is -2.28. The van der Waals surface area contributed by atoms with Gasteiger partial charge in [-0.05, 0) is 51.8 Å². The number of allylic oxidation sites excluding steroid dienone is 1. The molecule has 140 valence electrons. The highest BCUT2D eigenvalue weighted by Gasteiger charge is 2.44. The Hall–Kier alpha value is -1.09. The van der Waals surface area contributed by atoms with E-state index in [0.29, 0.717) is 12.8 Å². The zero-order valence-electron chi connectivity index (χ0n) is 14.5. The van der Waals surface area contributed by atoms with Gasteiger partial charge < -0.3 is 9.29 Å². The van der Waals surface area contributed by atoms with E-state index in [9.17, 15) is 13.0 Å². The molecule has 1 aliphatic heterocycles. The Kier molecular flexibility index (Phi) is 6.53. The van der Waals surface area contributed by atoms with Crippen LogP contribution in [0.25, 0.3) is 0 Å². The van der Waals surface area contributed by atoms with Crippen LogP contribution in [0.1, 0.15) is 33.6 Å². The smallest absolute Gasteiger partial charge is 0.228 e. The predicted molar refractivity (Wildman–Crippen MR) is 96.6 cm³/mol. The first-order valence-electron chi connectivity index (χ1n) is 8.05. The number of nitrogens with one attached hydrogen (secondary N) is 1. The molecule has 1 aromatic rings. The summed E-state index contributed by atoms with van der Waals surface area (Å²) in [6.45, 7) is 5.19. The average Bonchev–Trinajstić information content (AvgIpc) is 2.59. The Balaban J connectivity index is 2.32. The molecule has 0 saturated carbocycles. The normalized spacial score (nSPS) is 22.0. The second kappa shape index (κ2) is 8.07. The first-order chi connectivity index (χ1) is 11.6. The Morgan fingerprint density at radius 3 is 2.48 bits per heavy atom. The third kappa shape index (κ3) is 4.97. The van der Waals surface area contributed by atoms with E-state index in [1.807, 2.05) is 0 Å². The summed E-state index contributed by atoms with van der Waals surface area (Å²) in [4.78, 5) is -0.109. The number of alkyl halides is 1. The number of ether oxygens (including phenoxy) is 1. The summed E-state index contributed by atoms with van der Waals surface area (Å²) in [5.74, 6) is 0. The van der Waals surface area contributed by atoms with Crippen molar-refractivity contribution in [3.63, 3.8) is 0 Å². The van der Waals surface area contributed by atoms with Gasteiger partial charge in [0, 0.05) is 11.4 Å². The summed E-state index contributed by atoms with van der Waals surface area (Å²) in [6, 6.07) is 6.19. The molecule has 0 aromatic heterocycles. The van der Waals surface area contributed by atoms with Crippen molar-refractivity contribution in [2.75, 3.05) is 0 Å². The number of hydrogen-bond donors (Lipinski definition) is 1. The fraction of sp³-hybridized carbons (Fsp3) is 0.529. The molecule has 0 bridgehead atoms. The van der Waals surface area contributed by atoms with Crippen LogP contribution in [-0.4, -0.2) is 35.4 Å². The first-order valence-corrected chi connectivity index (χ1v) is 10.7. The minimum Gasteiger partial charge on any atom is -0.598 e. The van der Waals surface area contributed by atoms with E-state index in [1.54, 1.807) is 32.9 Å². The minimum absolute atomic E-state index is 0.109. The van der Waals surface area contributed by atoms with Crippen LogP contribution in [0.15, 0.2) is 47.6 Å². The fourth-order valence-electron chi connectivity index (χ4n) is 2.35. The Morgan fingerprint density at radius 2 is 1.96 bits per heavy atom. The van der Waals surface area contributed by atoms with Gasteiger partial charge >= 0.3 is 0 Å². The maximum Gasteiger partial charge on any atom is 0.228 e. The monoisotopic (exact) mass is 389 g/mol. The lowest BCUT2D eigenvalue weighted by atomic mass is 10.1. The Bertz CT molecular complexity index is 688. The van der Waals surface area contributed by atoms with Gasteiger partial charge in [-0.1, -0.05) is 18.2 Å². The molecule has 2 rings (SSSR count). The third-order valence-corrected chi connectivity index (χ3v) is 7.23. The Morgan fingerprint density at radius 1 is 1.32 bits per heavy atom. The maximum absolute atomic E-state index is 15.2. The van der Waals surface area contributed by atoms with E-state index in [4.69, 9.17) is 4.74 Å². The summed E-state index contributed by atoms with van der Waals surface area (Å²) in [6.07, 6.45) is 3.59. The summed E-state index contributed by atoms with van der Waals surface area (Å²) >= 11 is -1.64. The molecular formula is C17H24FNO4S2. The minimum atomic E-state index is -4.25. The third-order valence-electron chi connectivity index (χ3n) is 3.82. The van der Waals surface area contributed by atoms with Crippen LogP contribution in [0.5, 0.6) is 0 Å². The van der Waals surface area contributed by atoms with E-state index in [0.717, 1.165) is 0 Å². The van der Waals surface area contributed by atoms with E-state index in [-0.39, 0.29) is 4.90 Å². The zero-order chi connectivity index (χ0) is 18.7. The van der Waals surface area contributed by atoms with Gasteiger partial charge in [-0.3, -0.25) is 0 Å². The van der Waals surface area contributed by atoms with Gasteiger partial charge in [-0.15, -0.1) is 4.72 Å². The van der Waals surface area contributed by atoms with Gasteiger partial charge in [0.15, 0.2) is 0 Å². The highest BCUT2D eigenvalue weighted by molar-refractivity contribution is 7.92. The highest BCUT2D eigenvalue weighted by atomic mass is 32.2. The van der Waals surface area contributed by atoms with Gasteiger partial charge in [0.25, 0.3) is 0 Å². The van der Waals surface area contributed by atoms with E-state index >= 15 is 4.39 Å². The second-order valence-corrected chi connectivity index (χ2v) is 10.9. The lowest BCUT2D eigenvalue weighted by Gasteiger charge is -2.33. The molecule has 0 aliphatic carbocycles. The summed E-state index contributed by atoms with van der Waals surface area (Å²) in [7, 11) is -4.25. The zero-order valence-corrected chi connectivity index (χ0v) is 16.1. The number of hydrogen-bond acceptors (Lipinski definition) is 5. The van der Waals surface area contributed by atoms with Gasteiger partial charge in [-0.2, -0.15) is 0 Å². The van der Waals surface area contributed by atoms with Crippen LogP contribution in [0, 0.1) is 0 Å². The highest BCUT2D eigenvalue weighted by Crippen LogP contribution is 2.27. The molecule has 1 N–H and O–H groups in total. The van der Waals surface area contributed by atoms with Crippen molar-refractivity contribution >= 4 is 21.2 Å². The molecule has 0 spiro atoms. The van der Waals surface area contributed by atoms with Crippen LogP contribution >= 0.6 is 0 Å². The topological polar surface area (TPSA) is 78.5 Å². The van der Waals surface area contributed by atoms with Gasteiger partial charge in [0.05, 0.1) is 11.2 Å². The molecule has 1 heterocycles. The number of halogens is 1. The van der Waals surface area contributed by atoms with Crippen LogP contribution in [0.2, 0.25) is 0 Å². The first kappa shape index (κ1) is 20.2. The number of benzene rings is 1. The lowest BCUT2D eigenvalue weighted by molar-refractivity contribution is 0.0758. The molecule has 5 nitrogen and oxygen atoms in total. The molecule has 25 heavy (non-hydrogen) atoms. The van der Waals surface area contributed by atoms with E-state index in [1.165, 1.54) is 30.5 Å². The molecular weight excluding hydrogens is 365 g/mol. The van der Waals surface area contributed by atoms with E-state index in [2.05, 4.69) is 4.72 Å². The van der Waals surface area contributed by atoms with Crippen molar-refractivity contribution in [1.82, 2.24) is 4.72 Å². The fourth-order valence-corrected chi connectivity index (χ4v) is 4.73. The molecule has 0 radical (unpaired) electrons. The molecule has 1 aliphatic rings. The molecule has 0 saturated heterocycles. The van der Waals surface area contributed by atoms with E-state index < -0.39 is 43.6 Å². The van der Waals surface area contributed by atoms with Gasteiger partial charge in [0.1, 0.15) is 16.9 Å². The molecule has 1 aromatic carbocycles. The molecule has 4 atom stereocenters. The van der Waals surface area contributed by atoms with Crippen LogP contribution in [0.4, 0.5) is 4.39 Å². The lowest BCUT2D eigenvalue weighted by Crippen LogP contribution is -2.55. The van der Waals surface area contributed by atoms with Crippen molar-refractivity contribution in [3.05, 3.63) is 42.7 Å². The quantitative estimate of drug-likeness (QED) is 0.757. The van der Waals surface area contributed by atoms with Crippen molar-refractivity contribution in [2.45, 2.75) is 60.9 Å². The maximum atomic E-state index is 15.2. The summed E-state index contributed by atoms with van der Waals surface area (Å²) < 4.78 is 60.4. The van der Waals surface area contributed by atoms with Gasteiger partial charge in [0.2, 0.25) is 15.3 Å². The SMILES string of the molecule is CC(C)(C)[S@@+]([O-])N[C@@H](C1CCC=CO1)[C@@H](F)S(=O)(=O)c1ccccc1. The van der Waals surface area contributed by atoms with Crippen molar-refractivity contribution in [1.29, 1.82) is 0 Å². The average molecular weight is 390 g/mol. The van der Waals surface area contributed by atoms with Crippen LogP contribution in [0.3, 0.4) is 0 Å². The van der Waals surface area contributed by atoms with Crippen LogP contribution < -0.4 is 4.72 Å². The molecule has 1 unspecified atom stereocenters. The van der Waals surface area contributed by atoms with Gasteiger partial charge in [-0.25, -0.2) is 12.8 Å². The standard InChI is InChI=1S/C17H24FNO4S2/c1-17(2,3)24(20)19-15(14-11-7-8-12-23-14)16(18)25(21,22)13-9-5-4-6-10-13/h4-6,8-10,12,14-16,19H,7,11H2,1-3H3/t14?,15-,16-,24+/m0/s1. The molecule has 8 heteroatoms. The Labute approximate surface area is 151 Å².